The molecule has 0 aromatic carbocycles. The molecule has 0 fully saturated rings. The zero-order valence-corrected chi connectivity index (χ0v) is 9.84. The number of nitrogens with two attached hydrogens (primary N) is 1. The van der Waals surface area contributed by atoms with Gasteiger partial charge in [-0.1, -0.05) is 0 Å². The molecule has 0 unspecified atom stereocenters. The van der Waals surface area contributed by atoms with Gasteiger partial charge in [-0.2, -0.15) is 8.42 Å². The number of nitrogens with one attached hydrogen (secondary N) is 1. The molecule has 5 N–H and O–H groups in total. The van der Waals surface area contributed by atoms with Gasteiger partial charge in [0, 0.05) is 13.1 Å². The molecule has 0 aliphatic heterocycles. The van der Waals surface area contributed by atoms with Crippen molar-refractivity contribution in [1.82, 2.24) is 5.32 Å². The molecule has 0 aliphatic rings. The molecule has 0 radical (unpaired) electrons. The van der Waals surface area contributed by atoms with E-state index in [9.17, 15) is 0 Å². The largest absolute Gasteiger partial charge is 1.00 e. The molecule has 12 heavy (non-hydrogen) atoms. The van der Waals surface area contributed by atoms with Gasteiger partial charge in [0.15, 0.2) is 0 Å². The molecule has 70 valence electrons. The summed E-state index contributed by atoms with van der Waals surface area (Å²) in [5.74, 6) is 0. The van der Waals surface area contributed by atoms with Gasteiger partial charge in [-0.3, -0.25) is 9.11 Å². The van der Waals surface area contributed by atoms with E-state index in [0.29, 0.717) is 6.54 Å². The van der Waals surface area contributed by atoms with Crippen molar-refractivity contribution in [1.29, 1.82) is 0 Å². The minimum absolute atomic E-state index is 0. The van der Waals surface area contributed by atoms with Crippen molar-refractivity contribution in [3.05, 3.63) is 6.92 Å². The van der Waals surface area contributed by atoms with Crippen molar-refractivity contribution in [3.63, 3.8) is 0 Å². The first-order valence-corrected chi connectivity index (χ1v) is 4.21. The van der Waals surface area contributed by atoms with Gasteiger partial charge in [0.25, 0.3) is 0 Å². The molecule has 0 heterocycles. The van der Waals surface area contributed by atoms with Crippen LogP contribution in [0.5, 0.6) is 0 Å². The van der Waals surface area contributed by atoms with Crippen molar-refractivity contribution in [2.24, 2.45) is 5.73 Å². The van der Waals surface area contributed by atoms with Crippen LogP contribution in [-0.4, -0.2) is 37.2 Å². The summed E-state index contributed by atoms with van der Waals surface area (Å²) >= 11 is 0. The minimum atomic E-state index is -4.67. The predicted octanol–water partition coefficient (Wildman–Crippen LogP) is -4.28. The van der Waals surface area contributed by atoms with Gasteiger partial charge >= 0.3 is 40.0 Å². The second-order valence-electron chi connectivity index (χ2n) is 1.49. The molecule has 0 saturated heterocycles. The average Bonchev–Trinajstić information content (AvgIpc) is 1.79. The van der Waals surface area contributed by atoms with Crippen LogP contribution in [0, 0.1) is 6.92 Å². The molecule has 8 heteroatoms. The van der Waals surface area contributed by atoms with Crippen LogP contribution in [0.15, 0.2) is 0 Å². The van der Waals surface area contributed by atoms with Gasteiger partial charge in [-0.15, -0.1) is 6.54 Å². The maximum Gasteiger partial charge on any atom is 1.00 e. The van der Waals surface area contributed by atoms with Crippen LogP contribution in [0.4, 0.5) is 0 Å². The number of rotatable bonds is 3. The quantitative estimate of drug-likeness (QED) is 0.162. The molecule has 0 rings (SSSR count). The first kappa shape index (κ1) is 18.5. The summed E-state index contributed by atoms with van der Waals surface area (Å²) in [6.45, 7) is 5.91. The molecule has 0 amide bonds. The summed E-state index contributed by atoms with van der Waals surface area (Å²) < 4.78 is 31.6. The third-order valence-corrected chi connectivity index (χ3v) is 0.498. The summed E-state index contributed by atoms with van der Waals surface area (Å²) in [4.78, 5) is 0. The van der Waals surface area contributed by atoms with Crippen molar-refractivity contribution in [2.45, 2.75) is 0 Å². The van der Waals surface area contributed by atoms with Gasteiger partial charge in [0.05, 0.1) is 0 Å². The molecular formula is C4H13N2NaO4S. The zero-order valence-electron chi connectivity index (χ0n) is 7.02. The van der Waals surface area contributed by atoms with Gasteiger partial charge < -0.3 is 18.0 Å². The fraction of sp³-hybridized carbons (Fsp3) is 0.750. The van der Waals surface area contributed by atoms with Crippen LogP contribution in [0.3, 0.4) is 0 Å². The minimum Gasteiger partial charge on any atom is -0.345 e. The van der Waals surface area contributed by atoms with Crippen LogP contribution in [0.2, 0.25) is 0 Å². The van der Waals surface area contributed by atoms with E-state index in [0.717, 1.165) is 13.1 Å². The Labute approximate surface area is 94.8 Å². The first-order valence-electron chi connectivity index (χ1n) is 2.81. The van der Waals surface area contributed by atoms with E-state index in [1.54, 1.807) is 0 Å². The first-order chi connectivity index (χ1) is 4.91. The molecular weight excluding hydrogens is 195 g/mol. The van der Waals surface area contributed by atoms with E-state index in [1.165, 1.54) is 0 Å². The second-order valence-corrected chi connectivity index (χ2v) is 2.38. The number of hydrogen-bond donors (Lipinski definition) is 4. The van der Waals surface area contributed by atoms with Gasteiger partial charge in [0.2, 0.25) is 0 Å². The summed E-state index contributed by atoms with van der Waals surface area (Å²) in [6, 6.07) is 0. The molecule has 0 aromatic rings. The summed E-state index contributed by atoms with van der Waals surface area (Å²) in [6.07, 6.45) is 0. The van der Waals surface area contributed by atoms with Crippen molar-refractivity contribution in [2.75, 3.05) is 19.6 Å². The monoisotopic (exact) mass is 208 g/mol. The Balaban J connectivity index is -0.000000126. The van der Waals surface area contributed by atoms with Crippen molar-refractivity contribution in [3.8, 4) is 0 Å². The van der Waals surface area contributed by atoms with Gasteiger partial charge in [-0.05, 0) is 0 Å². The molecule has 0 spiro atoms. The Kier molecular flexibility index (Phi) is 18.2. The van der Waals surface area contributed by atoms with E-state index in [-0.39, 0.29) is 29.6 Å². The fourth-order valence-electron chi connectivity index (χ4n) is 0.227. The maximum absolute atomic E-state index is 8.74. The third kappa shape index (κ3) is 72.0. The van der Waals surface area contributed by atoms with Crippen molar-refractivity contribution < 1.29 is 47.1 Å². The summed E-state index contributed by atoms with van der Waals surface area (Å²) in [7, 11) is -4.67. The molecule has 6 nitrogen and oxygen atoms in total. The molecule has 0 atom stereocenters. The zero-order chi connectivity index (χ0) is 9.33. The van der Waals surface area contributed by atoms with Crippen molar-refractivity contribution >= 4 is 10.4 Å². The topological polar surface area (TPSA) is 113 Å². The standard InChI is InChI=1S/C4H11N2.Na.H2O4S/c1-2-6-4-3-5;;1-5(2,3)4/h6H,1-5H2;;(H2,1,2,3,4)/q-1;+1;. The Hall–Kier alpha value is 0.790. The Morgan fingerprint density at radius 1 is 1.42 bits per heavy atom. The van der Waals surface area contributed by atoms with E-state index in [1.807, 2.05) is 0 Å². The Bertz CT molecular complexity index is 148. The molecule has 0 aliphatic carbocycles. The maximum atomic E-state index is 8.74. The van der Waals surface area contributed by atoms with Gasteiger partial charge in [0.1, 0.15) is 0 Å². The SMILES string of the molecule is O=S(=O)(O)O.[CH2-]CNCCN.[Na+]. The second kappa shape index (κ2) is 11.8. The Morgan fingerprint density at radius 2 is 1.75 bits per heavy atom. The van der Waals surface area contributed by atoms with E-state index in [4.69, 9.17) is 23.3 Å². The average molecular weight is 208 g/mol. The molecule has 0 bridgehead atoms. The Morgan fingerprint density at radius 3 is 1.83 bits per heavy atom. The molecule has 0 aromatic heterocycles. The summed E-state index contributed by atoms with van der Waals surface area (Å²) in [5, 5.41) is 2.96. The van der Waals surface area contributed by atoms with Crippen LogP contribution < -0.4 is 40.6 Å². The van der Waals surface area contributed by atoms with Crippen LogP contribution in [-0.2, 0) is 10.4 Å². The van der Waals surface area contributed by atoms with Crippen LogP contribution >= 0.6 is 0 Å². The van der Waals surface area contributed by atoms with E-state index >= 15 is 0 Å². The van der Waals surface area contributed by atoms with Crippen LogP contribution in [0.25, 0.3) is 0 Å². The normalized spacial score (nSPS) is 9.33. The smallest absolute Gasteiger partial charge is 0.345 e. The third-order valence-electron chi connectivity index (χ3n) is 0.498. The van der Waals surface area contributed by atoms with E-state index in [2.05, 4.69) is 12.2 Å². The summed E-state index contributed by atoms with van der Waals surface area (Å²) in [5.41, 5.74) is 5.12. The number of hydrogen-bond acceptors (Lipinski definition) is 4. The van der Waals surface area contributed by atoms with Gasteiger partial charge in [-0.25, -0.2) is 0 Å². The van der Waals surface area contributed by atoms with E-state index < -0.39 is 10.4 Å². The van der Waals surface area contributed by atoms with Crippen LogP contribution in [0.1, 0.15) is 0 Å². The predicted molar refractivity (Wildman–Crippen MR) is 41.5 cm³/mol. The molecule has 0 saturated carbocycles. The fourth-order valence-corrected chi connectivity index (χ4v) is 0.227.